The third-order valence-electron chi connectivity index (χ3n) is 4.68. The zero-order valence-electron chi connectivity index (χ0n) is 15.2. The number of carbonyl (C=O) groups excluding carboxylic acids is 1. The summed E-state index contributed by atoms with van der Waals surface area (Å²) >= 11 is 0. The number of fused-ring (bicyclic) bond motifs is 1. The Balaban J connectivity index is 2.08. The Bertz CT molecular complexity index is 895. The molecule has 0 spiro atoms. The fraction of sp³-hybridized carbons (Fsp3) is 0.273. The molecule has 3 rings (SSSR count). The highest BCUT2D eigenvalue weighted by Crippen LogP contribution is 2.26. The molecule has 2 aromatic carbocycles. The van der Waals surface area contributed by atoms with Crippen molar-refractivity contribution in [1.29, 1.82) is 0 Å². The van der Waals surface area contributed by atoms with Gasteiger partial charge < -0.3 is 5.32 Å². The minimum Gasteiger partial charge on any atom is -0.349 e. The first kappa shape index (κ1) is 17.2. The van der Waals surface area contributed by atoms with E-state index in [1.54, 1.807) is 0 Å². The van der Waals surface area contributed by atoms with Gasteiger partial charge in [0.2, 0.25) is 0 Å². The van der Waals surface area contributed by atoms with Crippen LogP contribution in [0.25, 0.3) is 22.2 Å². The first-order valence-corrected chi connectivity index (χ1v) is 8.62. The summed E-state index contributed by atoms with van der Waals surface area (Å²) in [5.74, 6) is -0.0572. The number of nitrogens with zero attached hydrogens (tertiary/aromatic N) is 1. The van der Waals surface area contributed by atoms with E-state index in [0.29, 0.717) is 5.56 Å². The Morgan fingerprint density at radius 2 is 1.64 bits per heavy atom. The zero-order chi connectivity index (χ0) is 18.0. The molecular formula is C22H24N2O. The third-order valence-corrected chi connectivity index (χ3v) is 4.68. The van der Waals surface area contributed by atoms with Gasteiger partial charge in [0.1, 0.15) is 0 Å². The maximum atomic E-state index is 13.0. The van der Waals surface area contributed by atoms with Crippen LogP contribution in [0, 0.1) is 5.41 Å². The topological polar surface area (TPSA) is 42.0 Å². The van der Waals surface area contributed by atoms with Crippen LogP contribution in [0.5, 0.6) is 0 Å². The summed E-state index contributed by atoms with van der Waals surface area (Å²) in [5, 5.41) is 4.02. The van der Waals surface area contributed by atoms with Crippen molar-refractivity contribution in [1.82, 2.24) is 10.3 Å². The highest BCUT2D eigenvalue weighted by atomic mass is 16.1. The summed E-state index contributed by atoms with van der Waals surface area (Å²) in [6.07, 6.45) is 0. The molecular weight excluding hydrogens is 308 g/mol. The molecule has 25 heavy (non-hydrogen) atoms. The van der Waals surface area contributed by atoms with Crippen LogP contribution in [0.3, 0.4) is 0 Å². The molecule has 0 unspecified atom stereocenters. The van der Waals surface area contributed by atoms with Crippen LogP contribution in [-0.4, -0.2) is 16.9 Å². The van der Waals surface area contributed by atoms with Crippen molar-refractivity contribution in [2.75, 3.05) is 0 Å². The van der Waals surface area contributed by atoms with Crippen LogP contribution in [0.2, 0.25) is 0 Å². The van der Waals surface area contributed by atoms with Crippen LogP contribution < -0.4 is 5.32 Å². The lowest BCUT2D eigenvalue weighted by Gasteiger charge is -2.28. The van der Waals surface area contributed by atoms with Gasteiger partial charge in [0.25, 0.3) is 5.91 Å². The van der Waals surface area contributed by atoms with Gasteiger partial charge in [0.15, 0.2) is 0 Å². The van der Waals surface area contributed by atoms with Gasteiger partial charge >= 0.3 is 0 Å². The quantitative estimate of drug-likeness (QED) is 0.728. The van der Waals surface area contributed by atoms with Crippen molar-refractivity contribution >= 4 is 16.8 Å². The van der Waals surface area contributed by atoms with E-state index in [2.05, 4.69) is 26.1 Å². The molecule has 0 aliphatic rings. The number of rotatable bonds is 3. The summed E-state index contributed by atoms with van der Waals surface area (Å²) < 4.78 is 0. The normalized spacial score (nSPS) is 12.8. The van der Waals surface area contributed by atoms with Gasteiger partial charge in [-0.25, -0.2) is 4.98 Å². The van der Waals surface area contributed by atoms with Crippen molar-refractivity contribution in [3.8, 4) is 11.3 Å². The van der Waals surface area contributed by atoms with E-state index < -0.39 is 0 Å². The molecule has 1 amide bonds. The van der Waals surface area contributed by atoms with E-state index in [4.69, 9.17) is 4.98 Å². The summed E-state index contributed by atoms with van der Waals surface area (Å²) in [7, 11) is 0. The monoisotopic (exact) mass is 332 g/mol. The van der Waals surface area contributed by atoms with Crippen LogP contribution in [-0.2, 0) is 0 Å². The van der Waals surface area contributed by atoms with Gasteiger partial charge in [-0.1, -0.05) is 69.3 Å². The summed E-state index contributed by atoms with van der Waals surface area (Å²) in [6, 6.07) is 19.7. The molecule has 0 bridgehead atoms. The highest BCUT2D eigenvalue weighted by molar-refractivity contribution is 6.07. The number of para-hydroxylation sites is 1. The van der Waals surface area contributed by atoms with E-state index in [9.17, 15) is 4.79 Å². The molecule has 0 saturated carbocycles. The molecule has 0 saturated heterocycles. The standard InChI is InChI=1S/C22H24N2O/c1-15(22(2,3)4)23-21(25)18-14-20(16-10-6-5-7-11-16)24-19-13-9-8-12-17(18)19/h5-15H,1-4H3,(H,23,25)/t15-/m1/s1. The van der Waals surface area contributed by atoms with Gasteiger partial charge in [-0.3, -0.25) is 4.79 Å². The van der Waals surface area contributed by atoms with Gasteiger partial charge in [0.05, 0.1) is 16.8 Å². The number of hydrogen-bond donors (Lipinski definition) is 1. The molecule has 3 heteroatoms. The fourth-order valence-corrected chi connectivity index (χ4v) is 2.61. The van der Waals surface area contributed by atoms with Crippen molar-refractivity contribution < 1.29 is 4.79 Å². The maximum Gasteiger partial charge on any atom is 0.252 e. The Morgan fingerprint density at radius 3 is 2.32 bits per heavy atom. The summed E-state index contributed by atoms with van der Waals surface area (Å²) in [5.41, 5.74) is 3.32. The van der Waals surface area contributed by atoms with Crippen molar-refractivity contribution in [2.45, 2.75) is 33.7 Å². The molecule has 3 aromatic rings. The van der Waals surface area contributed by atoms with Gasteiger partial charge in [-0.15, -0.1) is 0 Å². The molecule has 1 atom stereocenters. The lowest BCUT2D eigenvalue weighted by Crippen LogP contribution is -2.41. The zero-order valence-corrected chi connectivity index (χ0v) is 15.2. The van der Waals surface area contributed by atoms with Crippen LogP contribution in [0.15, 0.2) is 60.7 Å². The number of amides is 1. The van der Waals surface area contributed by atoms with Gasteiger partial charge in [0, 0.05) is 17.0 Å². The molecule has 0 aliphatic carbocycles. The third kappa shape index (κ3) is 3.71. The summed E-state index contributed by atoms with van der Waals surface area (Å²) in [6.45, 7) is 8.41. The second-order valence-corrected chi connectivity index (χ2v) is 7.50. The predicted octanol–water partition coefficient (Wildman–Crippen LogP) is 5.07. The Kier molecular flexibility index (Phi) is 4.58. The average Bonchev–Trinajstić information content (AvgIpc) is 2.60. The van der Waals surface area contributed by atoms with E-state index in [0.717, 1.165) is 22.2 Å². The number of benzene rings is 2. The Labute approximate surface area is 149 Å². The first-order chi connectivity index (χ1) is 11.9. The lowest BCUT2D eigenvalue weighted by atomic mass is 9.88. The van der Waals surface area contributed by atoms with Crippen LogP contribution in [0.1, 0.15) is 38.1 Å². The Hall–Kier alpha value is -2.68. The Morgan fingerprint density at radius 1 is 1.00 bits per heavy atom. The lowest BCUT2D eigenvalue weighted by molar-refractivity contribution is 0.0912. The molecule has 0 radical (unpaired) electrons. The SMILES string of the molecule is C[C@@H](NC(=O)c1cc(-c2ccccc2)nc2ccccc12)C(C)(C)C. The van der Waals surface area contributed by atoms with Gasteiger partial charge in [-0.05, 0) is 24.5 Å². The predicted molar refractivity (Wildman–Crippen MR) is 104 cm³/mol. The summed E-state index contributed by atoms with van der Waals surface area (Å²) in [4.78, 5) is 17.7. The maximum absolute atomic E-state index is 13.0. The minimum absolute atomic E-state index is 0.000748. The number of nitrogens with one attached hydrogen (secondary N) is 1. The largest absolute Gasteiger partial charge is 0.349 e. The van der Waals surface area contributed by atoms with E-state index >= 15 is 0 Å². The molecule has 1 heterocycles. The molecule has 128 valence electrons. The second-order valence-electron chi connectivity index (χ2n) is 7.50. The molecule has 1 aromatic heterocycles. The average molecular weight is 332 g/mol. The minimum atomic E-state index is -0.0572. The number of hydrogen-bond acceptors (Lipinski definition) is 2. The van der Waals surface area contributed by atoms with Crippen LogP contribution in [0.4, 0.5) is 0 Å². The highest BCUT2D eigenvalue weighted by Gasteiger charge is 2.23. The number of pyridine rings is 1. The fourth-order valence-electron chi connectivity index (χ4n) is 2.61. The van der Waals surface area contributed by atoms with Crippen molar-refractivity contribution in [3.05, 3.63) is 66.2 Å². The first-order valence-electron chi connectivity index (χ1n) is 8.62. The van der Waals surface area contributed by atoms with E-state index in [1.807, 2.05) is 67.6 Å². The van der Waals surface area contributed by atoms with Crippen LogP contribution >= 0.6 is 0 Å². The smallest absolute Gasteiger partial charge is 0.252 e. The van der Waals surface area contributed by atoms with Crippen molar-refractivity contribution in [2.24, 2.45) is 5.41 Å². The number of carbonyl (C=O) groups is 1. The van der Waals surface area contributed by atoms with E-state index in [-0.39, 0.29) is 17.4 Å². The molecule has 3 nitrogen and oxygen atoms in total. The molecule has 0 aliphatic heterocycles. The second kappa shape index (κ2) is 6.67. The van der Waals surface area contributed by atoms with Gasteiger partial charge in [-0.2, -0.15) is 0 Å². The number of aromatic nitrogens is 1. The van der Waals surface area contributed by atoms with E-state index in [1.165, 1.54) is 0 Å². The molecule has 1 N–H and O–H groups in total. The molecule has 0 fully saturated rings. The van der Waals surface area contributed by atoms with Crippen molar-refractivity contribution in [3.63, 3.8) is 0 Å².